The molecular weight excluding hydrogens is 321 g/mol. The molecule has 2 rings (SSSR count). The van der Waals surface area contributed by atoms with Crippen molar-refractivity contribution in [3.8, 4) is 0 Å². The highest BCUT2D eigenvalue weighted by atomic mass is 35.5. The number of carbonyl (C=O) groups is 1. The highest BCUT2D eigenvalue weighted by Gasteiger charge is 2.20. The summed E-state index contributed by atoms with van der Waals surface area (Å²) >= 11 is 5.96. The Morgan fingerprint density at radius 2 is 2.05 bits per heavy atom. The molecule has 0 aliphatic heterocycles. The number of benzene rings is 1. The quantitative estimate of drug-likeness (QED) is 0.933. The van der Waals surface area contributed by atoms with E-state index in [4.69, 9.17) is 11.6 Å². The maximum atomic E-state index is 13.5. The van der Waals surface area contributed by atoms with Crippen molar-refractivity contribution in [1.29, 1.82) is 0 Å². The molecule has 1 aromatic heterocycles. The fraction of sp³-hybridized carbons (Fsp3) is 0.167. The van der Waals surface area contributed by atoms with E-state index < -0.39 is 21.9 Å². The topological polar surface area (TPSA) is 81.1 Å². The lowest BCUT2D eigenvalue weighted by Crippen LogP contribution is -2.17. The normalized spacial score (nSPS) is 11.4. The third-order valence-electron chi connectivity index (χ3n) is 2.56. The first-order valence-corrected chi connectivity index (χ1v) is 7.95. The molecule has 0 saturated heterocycles. The molecule has 0 fully saturated rings. The van der Waals surface area contributed by atoms with Crippen molar-refractivity contribution in [2.75, 3.05) is 11.6 Å². The molecule has 21 heavy (non-hydrogen) atoms. The van der Waals surface area contributed by atoms with Crippen molar-refractivity contribution in [3.05, 3.63) is 46.5 Å². The van der Waals surface area contributed by atoms with Crippen LogP contribution in [0.2, 0.25) is 5.02 Å². The minimum atomic E-state index is -3.91. The summed E-state index contributed by atoms with van der Waals surface area (Å²) in [6.07, 6.45) is 0.779. The van der Waals surface area contributed by atoms with Crippen LogP contribution < -0.4 is 5.32 Å². The Morgan fingerprint density at radius 3 is 2.57 bits per heavy atom. The third kappa shape index (κ3) is 3.40. The number of hydrogen-bond acceptors (Lipinski definition) is 4. The Hall–Kier alpha value is -1.93. The molecule has 0 unspecified atom stereocenters. The van der Waals surface area contributed by atoms with Crippen molar-refractivity contribution in [2.45, 2.75) is 6.92 Å². The summed E-state index contributed by atoms with van der Waals surface area (Å²) < 4.78 is 36.1. The van der Waals surface area contributed by atoms with Gasteiger partial charge in [0.25, 0.3) is 15.9 Å². The number of amides is 1. The number of nitrogens with one attached hydrogen (secondary N) is 1. The predicted molar refractivity (Wildman–Crippen MR) is 76.6 cm³/mol. The SMILES string of the molecule is Cc1ccc(NC(=O)c2cc(F)n(S(C)(=O)=O)n2)c(Cl)c1. The number of rotatable bonds is 3. The molecule has 1 heterocycles. The first-order chi connectivity index (χ1) is 9.68. The molecule has 0 aliphatic carbocycles. The molecule has 0 spiro atoms. The average Bonchev–Trinajstić information content (AvgIpc) is 2.75. The second-order valence-corrected chi connectivity index (χ2v) is 6.61. The Morgan fingerprint density at radius 1 is 1.38 bits per heavy atom. The first-order valence-electron chi connectivity index (χ1n) is 5.72. The van der Waals surface area contributed by atoms with Crippen LogP contribution in [-0.2, 0) is 10.0 Å². The number of hydrogen-bond donors (Lipinski definition) is 1. The van der Waals surface area contributed by atoms with E-state index in [9.17, 15) is 17.6 Å². The van der Waals surface area contributed by atoms with Gasteiger partial charge in [0, 0.05) is 6.07 Å². The molecule has 0 atom stereocenters. The number of nitrogens with zero attached hydrogens (tertiary/aromatic N) is 2. The summed E-state index contributed by atoms with van der Waals surface area (Å²) in [5.74, 6) is -1.90. The Bertz CT molecular complexity index is 817. The van der Waals surface area contributed by atoms with Gasteiger partial charge in [-0.1, -0.05) is 17.7 Å². The molecule has 9 heteroatoms. The smallest absolute Gasteiger partial charge is 0.276 e. The van der Waals surface area contributed by atoms with Gasteiger partial charge < -0.3 is 5.32 Å². The van der Waals surface area contributed by atoms with Gasteiger partial charge in [-0.3, -0.25) is 4.79 Å². The van der Waals surface area contributed by atoms with Crippen LogP contribution in [0.5, 0.6) is 0 Å². The van der Waals surface area contributed by atoms with E-state index in [2.05, 4.69) is 10.4 Å². The first kappa shape index (κ1) is 15.5. The summed E-state index contributed by atoms with van der Waals surface area (Å²) in [5, 5.41) is 6.17. The molecule has 0 aliphatic rings. The van der Waals surface area contributed by atoms with Crippen LogP contribution in [0, 0.1) is 12.9 Å². The van der Waals surface area contributed by atoms with Gasteiger partial charge in [-0.25, -0.2) is 8.42 Å². The molecule has 1 amide bonds. The summed E-state index contributed by atoms with van der Waals surface area (Å²) in [4.78, 5) is 11.9. The number of aryl methyl sites for hydroxylation is 1. The molecule has 1 N–H and O–H groups in total. The third-order valence-corrected chi connectivity index (χ3v) is 3.75. The van der Waals surface area contributed by atoms with Crippen molar-refractivity contribution < 1.29 is 17.6 Å². The zero-order valence-corrected chi connectivity index (χ0v) is 12.7. The van der Waals surface area contributed by atoms with Crippen LogP contribution in [0.1, 0.15) is 16.1 Å². The highest BCUT2D eigenvalue weighted by Crippen LogP contribution is 2.23. The van der Waals surface area contributed by atoms with E-state index >= 15 is 0 Å². The van der Waals surface area contributed by atoms with Crippen LogP contribution in [0.4, 0.5) is 10.1 Å². The van der Waals surface area contributed by atoms with Gasteiger partial charge in [0.2, 0.25) is 5.95 Å². The predicted octanol–water partition coefficient (Wildman–Crippen LogP) is 2.04. The second-order valence-electron chi connectivity index (χ2n) is 4.40. The zero-order chi connectivity index (χ0) is 15.8. The molecule has 0 bridgehead atoms. The lowest BCUT2D eigenvalue weighted by atomic mass is 10.2. The Kier molecular flexibility index (Phi) is 4.02. The maximum absolute atomic E-state index is 13.5. The molecule has 1 aromatic carbocycles. The van der Waals surface area contributed by atoms with Gasteiger partial charge >= 0.3 is 0 Å². The number of anilines is 1. The fourth-order valence-corrected chi connectivity index (χ4v) is 2.48. The van der Waals surface area contributed by atoms with E-state index in [1.165, 1.54) is 0 Å². The van der Waals surface area contributed by atoms with Crippen LogP contribution in [0.3, 0.4) is 0 Å². The van der Waals surface area contributed by atoms with Crippen LogP contribution >= 0.6 is 11.6 Å². The molecule has 112 valence electrons. The minimum absolute atomic E-state index is 0.151. The Labute approximate surface area is 125 Å². The lowest BCUT2D eigenvalue weighted by Gasteiger charge is -2.06. The largest absolute Gasteiger partial charge is 0.319 e. The lowest BCUT2D eigenvalue weighted by molar-refractivity contribution is 0.102. The van der Waals surface area contributed by atoms with Crippen molar-refractivity contribution >= 4 is 33.2 Å². The van der Waals surface area contributed by atoms with Gasteiger partial charge in [0.15, 0.2) is 5.69 Å². The molecule has 0 saturated carbocycles. The van der Waals surface area contributed by atoms with Gasteiger partial charge in [0.05, 0.1) is 17.0 Å². The van der Waals surface area contributed by atoms with Crippen molar-refractivity contribution in [1.82, 2.24) is 9.19 Å². The number of carbonyl (C=O) groups excluding carboxylic acids is 1. The number of halogens is 2. The Balaban J connectivity index is 2.29. The van der Waals surface area contributed by atoms with Crippen molar-refractivity contribution in [2.24, 2.45) is 0 Å². The van der Waals surface area contributed by atoms with Gasteiger partial charge in [-0.05, 0) is 24.6 Å². The molecular formula is C12H11ClFN3O3S. The van der Waals surface area contributed by atoms with E-state index in [1.54, 1.807) is 18.2 Å². The maximum Gasteiger partial charge on any atom is 0.276 e. The zero-order valence-electron chi connectivity index (χ0n) is 11.1. The van der Waals surface area contributed by atoms with E-state index in [0.29, 0.717) is 10.7 Å². The number of aromatic nitrogens is 2. The summed E-state index contributed by atoms with van der Waals surface area (Å²) in [7, 11) is -3.91. The molecule has 0 radical (unpaired) electrons. The summed E-state index contributed by atoms with van der Waals surface area (Å²) in [5.41, 5.74) is 0.863. The van der Waals surface area contributed by atoms with Crippen LogP contribution in [-0.4, -0.2) is 29.8 Å². The molecule has 2 aromatic rings. The monoisotopic (exact) mass is 331 g/mol. The van der Waals surface area contributed by atoms with Crippen LogP contribution in [0.15, 0.2) is 24.3 Å². The fourth-order valence-electron chi connectivity index (χ4n) is 1.59. The summed E-state index contributed by atoms with van der Waals surface area (Å²) in [6.45, 7) is 1.83. The van der Waals surface area contributed by atoms with E-state index in [-0.39, 0.29) is 9.78 Å². The van der Waals surface area contributed by atoms with Crippen LogP contribution in [0.25, 0.3) is 0 Å². The van der Waals surface area contributed by atoms with E-state index in [0.717, 1.165) is 17.9 Å². The molecule has 6 nitrogen and oxygen atoms in total. The highest BCUT2D eigenvalue weighted by molar-refractivity contribution is 7.89. The standard InChI is InChI=1S/C12H11ClFN3O3S/c1-7-3-4-9(8(13)5-7)15-12(18)10-6-11(14)17(16-10)21(2,19)20/h3-6H,1-2H3,(H,15,18). The second kappa shape index (κ2) is 5.45. The summed E-state index contributed by atoms with van der Waals surface area (Å²) in [6, 6.07) is 5.70. The van der Waals surface area contributed by atoms with Crippen molar-refractivity contribution in [3.63, 3.8) is 0 Å². The van der Waals surface area contributed by atoms with E-state index in [1.807, 2.05) is 6.92 Å². The average molecular weight is 332 g/mol. The minimum Gasteiger partial charge on any atom is -0.319 e. The van der Waals surface area contributed by atoms with Gasteiger partial charge in [-0.2, -0.15) is 4.39 Å². The van der Waals surface area contributed by atoms with Gasteiger partial charge in [-0.15, -0.1) is 9.19 Å². The van der Waals surface area contributed by atoms with Gasteiger partial charge in [0.1, 0.15) is 0 Å².